The van der Waals surface area contributed by atoms with Crippen LogP contribution in [0.15, 0.2) is 18.6 Å². The molecular formula is C15H21N7O. The molecule has 23 heavy (non-hydrogen) atoms. The summed E-state index contributed by atoms with van der Waals surface area (Å²) in [5.74, 6) is 1.13. The molecule has 1 fully saturated rings. The first-order valence-corrected chi connectivity index (χ1v) is 7.87. The van der Waals surface area contributed by atoms with E-state index in [1.54, 1.807) is 18.6 Å². The Morgan fingerprint density at radius 2 is 2.35 bits per heavy atom. The van der Waals surface area contributed by atoms with Gasteiger partial charge in [-0.3, -0.25) is 14.9 Å². The van der Waals surface area contributed by atoms with Gasteiger partial charge in [-0.05, 0) is 26.4 Å². The highest BCUT2D eigenvalue weighted by Gasteiger charge is 2.21. The van der Waals surface area contributed by atoms with Gasteiger partial charge in [0.15, 0.2) is 0 Å². The zero-order chi connectivity index (χ0) is 16.1. The predicted octanol–water partition coefficient (Wildman–Crippen LogP) is 0.752. The van der Waals surface area contributed by atoms with Crippen molar-refractivity contribution in [3.63, 3.8) is 0 Å². The molecule has 1 aliphatic heterocycles. The predicted molar refractivity (Wildman–Crippen MR) is 84.1 cm³/mol. The zero-order valence-electron chi connectivity index (χ0n) is 13.2. The van der Waals surface area contributed by atoms with Crippen molar-refractivity contribution in [2.24, 2.45) is 0 Å². The van der Waals surface area contributed by atoms with Crippen LogP contribution in [0.25, 0.3) is 11.5 Å². The number of amides is 1. The van der Waals surface area contributed by atoms with E-state index in [9.17, 15) is 4.79 Å². The van der Waals surface area contributed by atoms with Crippen molar-refractivity contribution in [3.8, 4) is 11.5 Å². The number of carbonyl (C=O) groups excluding carboxylic acids is 1. The third-order valence-corrected chi connectivity index (χ3v) is 4.12. The summed E-state index contributed by atoms with van der Waals surface area (Å²) in [6.45, 7) is 1.41. The number of nitrogens with zero attached hydrogens (tertiary/aromatic N) is 5. The molecule has 8 heteroatoms. The van der Waals surface area contributed by atoms with Crippen LogP contribution < -0.4 is 5.32 Å². The van der Waals surface area contributed by atoms with Crippen molar-refractivity contribution in [3.05, 3.63) is 24.4 Å². The second-order valence-corrected chi connectivity index (χ2v) is 5.81. The van der Waals surface area contributed by atoms with E-state index < -0.39 is 0 Å². The molecule has 2 N–H and O–H groups in total. The van der Waals surface area contributed by atoms with E-state index in [0.717, 1.165) is 13.0 Å². The smallest absolute Gasteiger partial charge is 0.221 e. The Morgan fingerprint density at radius 3 is 3.13 bits per heavy atom. The number of hydrogen-bond acceptors (Lipinski definition) is 6. The van der Waals surface area contributed by atoms with Crippen LogP contribution in [0.4, 0.5) is 0 Å². The Bertz CT molecular complexity index is 642. The van der Waals surface area contributed by atoms with Crippen molar-refractivity contribution in [1.29, 1.82) is 0 Å². The third kappa shape index (κ3) is 4.10. The molecule has 2 aromatic heterocycles. The highest BCUT2D eigenvalue weighted by molar-refractivity contribution is 5.76. The van der Waals surface area contributed by atoms with Crippen LogP contribution in [-0.4, -0.2) is 55.6 Å². The number of rotatable bonds is 5. The van der Waals surface area contributed by atoms with Crippen LogP contribution in [0, 0.1) is 0 Å². The van der Waals surface area contributed by atoms with Crippen LogP contribution in [-0.2, 0) is 11.3 Å². The molecule has 0 unspecified atom stereocenters. The monoisotopic (exact) mass is 315 g/mol. The van der Waals surface area contributed by atoms with Gasteiger partial charge in [0.05, 0.1) is 12.7 Å². The largest absolute Gasteiger partial charge is 0.349 e. The molecule has 0 bridgehead atoms. The lowest BCUT2D eigenvalue weighted by Crippen LogP contribution is -2.40. The minimum atomic E-state index is 0.0428. The number of piperidine rings is 1. The summed E-state index contributed by atoms with van der Waals surface area (Å²) in [5.41, 5.74) is 0.602. The van der Waals surface area contributed by atoms with Gasteiger partial charge < -0.3 is 10.2 Å². The third-order valence-electron chi connectivity index (χ3n) is 4.12. The average Bonchev–Trinajstić information content (AvgIpc) is 3.05. The number of aromatic nitrogens is 5. The first-order valence-electron chi connectivity index (χ1n) is 7.87. The highest BCUT2D eigenvalue weighted by Crippen LogP contribution is 2.17. The molecule has 0 aliphatic carbocycles. The molecule has 1 saturated heterocycles. The first kappa shape index (κ1) is 15.5. The lowest BCUT2D eigenvalue weighted by atomic mass is 10.00. The highest BCUT2D eigenvalue weighted by atomic mass is 16.1. The fraction of sp³-hybridized carbons (Fsp3) is 0.533. The van der Waals surface area contributed by atoms with Gasteiger partial charge in [-0.25, -0.2) is 9.97 Å². The average molecular weight is 315 g/mol. The summed E-state index contributed by atoms with van der Waals surface area (Å²) >= 11 is 0. The second kappa shape index (κ2) is 7.28. The molecule has 1 aliphatic rings. The number of carbonyl (C=O) groups is 1. The molecule has 0 radical (unpaired) electrons. The molecule has 1 atom stereocenters. The minimum absolute atomic E-state index is 0.0428. The van der Waals surface area contributed by atoms with Crippen LogP contribution >= 0.6 is 0 Å². The van der Waals surface area contributed by atoms with Crippen molar-refractivity contribution in [2.45, 2.75) is 38.3 Å². The van der Waals surface area contributed by atoms with Gasteiger partial charge >= 0.3 is 0 Å². The summed E-state index contributed by atoms with van der Waals surface area (Å²) < 4.78 is 0. The van der Waals surface area contributed by atoms with Gasteiger partial charge in [0.25, 0.3) is 0 Å². The Hall–Kier alpha value is -2.35. The normalized spacial score (nSPS) is 18.7. The maximum absolute atomic E-state index is 12.1. The van der Waals surface area contributed by atoms with E-state index in [4.69, 9.17) is 0 Å². The van der Waals surface area contributed by atoms with E-state index in [2.05, 4.69) is 42.4 Å². The maximum Gasteiger partial charge on any atom is 0.221 e. The summed E-state index contributed by atoms with van der Waals surface area (Å²) in [6.07, 6.45) is 8.83. The number of hydrogen-bond donors (Lipinski definition) is 2. The van der Waals surface area contributed by atoms with E-state index in [0.29, 0.717) is 36.4 Å². The molecule has 3 heterocycles. The summed E-state index contributed by atoms with van der Waals surface area (Å²) in [5, 5.41) is 9.81. The summed E-state index contributed by atoms with van der Waals surface area (Å²) in [6, 6.07) is 0.341. The first-order chi connectivity index (χ1) is 11.2. The molecule has 0 spiro atoms. The SMILES string of the molecule is CN1CCCC[C@H]1CC(=O)NCc1nc(-c2cnccn2)n[nH]1. The van der Waals surface area contributed by atoms with Gasteiger partial charge in [0, 0.05) is 24.9 Å². The Kier molecular flexibility index (Phi) is 4.92. The molecular weight excluding hydrogens is 294 g/mol. The van der Waals surface area contributed by atoms with E-state index in [1.165, 1.54) is 12.8 Å². The van der Waals surface area contributed by atoms with Gasteiger partial charge in [0.1, 0.15) is 11.5 Å². The Labute approximate surface area is 134 Å². The number of likely N-dealkylation sites (tertiary alicyclic amines) is 1. The molecule has 8 nitrogen and oxygen atoms in total. The number of nitrogens with one attached hydrogen (secondary N) is 2. The van der Waals surface area contributed by atoms with Crippen molar-refractivity contribution in [1.82, 2.24) is 35.4 Å². The standard InChI is InChI=1S/C15H21N7O/c1-22-7-3-2-4-11(22)8-14(23)18-10-13-19-15(21-20-13)12-9-16-5-6-17-12/h5-6,9,11H,2-4,7-8,10H2,1H3,(H,18,23)(H,19,20,21)/t11-/m0/s1. The summed E-state index contributed by atoms with van der Waals surface area (Å²) in [7, 11) is 2.08. The fourth-order valence-electron chi connectivity index (χ4n) is 2.77. The van der Waals surface area contributed by atoms with Gasteiger partial charge in [-0.15, -0.1) is 0 Å². The fourth-order valence-corrected chi connectivity index (χ4v) is 2.77. The Morgan fingerprint density at radius 1 is 1.43 bits per heavy atom. The van der Waals surface area contributed by atoms with Gasteiger partial charge in [0.2, 0.25) is 11.7 Å². The lowest BCUT2D eigenvalue weighted by Gasteiger charge is -2.31. The zero-order valence-corrected chi connectivity index (χ0v) is 13.2. The van der Waals surface area contributed by atoms with Crippen LogP contribution in [0.5, 0.6) is 0 Å². The van der Waals surface area contributed by atoms with E-state index in [1.807, 2.05) is 0 Å². The topological polar surface area (TPSA) is 99.7 Å². The second-order valence-electron chi connectivity index (χ2n) is 5.81. The van der Waals surface area contributed by atoms with E-state index >= 15 is 0 Å². The van der Waals surface area contributed by atoms with Crippen molar-refractivity contribution >= 4 is 5.91 Å². The van der Waals surface area contributed by atoms with Crippen molar-refractivity contribution in [2.75, 3.05) is 13.6 Å². The van der Waals surface area contributed by atoms with Crippen LogP contribution in [0.3, 0.4) is 0 Å². The van der Waals surface area contributed by atoms with Crippen LogP contribution in [0.1, 0.15) is 31.5 Å². The number of H-pyrrole nitrogens is 1. The maximum atomic E-state index is 12.1. The van der Waals surface area contributed by atoms with Gasteiger partial charge in [-0.2, -0.15) is 5.10 Å². The lowest BCUT2D eigenvalue weighted by molar-refractivity contribution is -0.122. The summed E-state index contributed by atoms with van der Waals surface area (Å²) in [4.78, 5) is 26.8. The van der Waals surface area contributed by atoms with E-state index in [-0.39, 0.29) is 5.91 Å². The molecule has 1 amide bonds. The number of aromatic amines is 1. The Balaban J connectivity index is 1.50. The van der Waals surface area contributed by atoms with Crippen LogP contribution in [0.2, 0.25) is 0 Å². The van der Waals surface area contributed by atoms with Crippen molar-refractivity contribution < 1.29 is 4.79 Å². The minimum Gasteiger partial charge on any atom is -0.349 e. The quantitative estimate of drug-likeness (QED) is 0.844. The molecule has 2 aromatic rings. The van der Waals surface area contributed by atoms with Gasteiger partial charge in [-0.1, -0.05) is 6.42 Å². The molecule has 122 valence electrons. The molecule has 0 aromatic carbocycles. The molecule has 3 rings (SSSR count). The molecule has 0 saturated carbocycles.